The highest BCUT2D eigenvalue weighted by molar-refractivity contribution is 5.26. The van der Waals surface area contributed by atoms with Crippen molar-refractivity contribution in [1.29, 1.82) is 0 Å². The summed E-state index contributed by atoms with van der Waals surface area (Å²) in [5.41, 5.74) is 2.81. The molecular formula is C17H24. The monoisotopic (exact) mass is 228 g/mol. The molecular weight excluding hydrogens is 204 g/mol. The summed E-state index contributed by atoms with van der Waals surface area (Å²) in [4.78, 5) is 0. The zero-order chi connectivity index (χ0) is 12.1. The third-order valence-corrected chi connectivity index (χ3v) is 5.51. The Bertz CT molecular complexity index is 401. The second kappa shape index (κ2) is 3.60. The molecule has 1 aromatic carbocycles. The van der Waals surface area contributed by atoms with Crippen molar-refractivity contribution in [2.75, 3.05) is 0 Å². The highest BCUT2D eigenvalue weighted by atomic mass is 14.6. The van der Waals surface area contributed by atoms with Crippen molar-refractivity contribution in [3.63, 3.8) is 0 Å². The van der Waals surface area contributed by atoms with Gasteiger partial charge in [0, 0.05) is 0 Å². The molecule has 2 fully saturated rings. The zero-order valence-electron chi connectivity index (χ0n) is 11.4. The molecule has 0 N–H and O–H groups in total. The fraction of sp³-hybridized carbons (Fsp3) is 0.647. The van der Waals surface area contributed by atoms with Crippen LogP contribution in [0.5, 0.6) is 0 Å². The molecule has 17 heavy (non-hydrogen) atoms. The van der Waals surface area contributed by atoms with E-state index in [9.17, 15) is 0 Å². The average molecular weight is 228 g/mol. The van der Waals surface area contributed by atoms with Crippen LogP contribution in [0.3, 0.4) is 0 Å². The fourth-order valence-electron chi connectivity index (χ4n) is 3.41. The summed E-state index contributed by atoms with van der Waals surface area (Å²) in [6.07, 6.45) is 5.71. The third-order valence-electron chi connectivity index (χ3n) is 5.51. The summed E-state index contributed by atoms with van der Waals surface area (Å²) in [5, 5.41) is 0. The normalized spacial score (nSPS) is 35.4. The largest absolute Gasteiger partial charge is 0.0622 e. The van der Waals surface area contributed by atoms with Crippen molar-refractivity contribution < 1.29 is 0 Å². The Morgan fingerprint density at radius 3 is 2.24 bits per heavy atom. The Balaban J connectivity index is 1.87. The lowest BCUT2D eigenvalue weighted by molar-refractivity contribution is 0.324. The summed E-state index contributed by atoms with van der Waals surface area (Å²) in [7, 11) is 0. The van der Waals surface area contributed by atoms with Crippen molar-refractivity contribution in [2.24, 2.45) is 16.7 Å². The van der Waals surface area contributed by atoms with Crippen LogP contribution < -0.4 is 0 Å². The number of hydrogen-bond donors (Lipinski definition) is 0. The van der Waals surface area contributed by atoms with E-state index >= 15 is 0 Å². The van der Waals surface area contributed by atoms with E-state index in [1.54, 1.807) is 5.56 Å². The quantitative estimate of drug-likeness (QED) is 0.680. The molecule has 0 radical (unpaired) electrons. The first kappa shape index (κ1) is 11.3. The van der Waals surface area contributed by atoms with Crippen LogP contribution in [-0.2, 0) is 0 Å². The van der Waals surface area contributed by atoms with Crippen molar-refractivity contribution in [3.8, 4) is 0 Å². The molecule has 0 amide bonds. The molecule has 0 spiro atoms. The van der Waals surface area contributed by atoms with Gasteiger partial charge in [0.1, 0.15) is 0 Å². The number of rotatable bonds is 4. The molecule has 0 saturated heterocycles. The molecule has 3 atom stereocenters. The van der Waals surface area contributed by atoms with Crippen LogP contribution in [0.4, 0.5) is 0 Å². The van der Waals surface area contributed by atoms with Crippen molar-refractivity contribution >= 4 is 0 Å². The molecule has 0 aromatic heterocycles. The predicted octanol–water partition coefficient (Wildman–Crippen LogP) is 5.01. The van der Waals surface area contributed by atoms with E-state index in [2.05, 4.69) is 51.1 Å². The van der Waals surface area contributed by atoms with Gasteiger partial charge in [-0.25, -0.2) is 0 Å². The van der Waals surface area contributed by atoms with E-state index in [-0.39, 0.29) is 0 Å². The molecule has 0 nitrogen and oxygen atoms in total. The molecule has 0 bridgehead atoms. The van der Waals surface area contributed by atoms with Crippen LogP contribution in [0.1, 0.15) is 57.9 Å². The summed E-state index contributed by atoms with van der Waals surface area (Å²) in [6, 6.07) is 11.2. The van der Waals surface area contributed by atoms with Gasteiger partial charge in [0.15, 0.2) is 0 Å². The highest BCUT2D eigenvalue weighted by Crippen LogP contribution is 2.65. The van der Waals surface area contributed by atoms with Gasteiger partial charge >= 0.3 is 0 Å². The highest BCUT2D eigenvalue weighted by Gasteiger charge is 2.55. The molecule has 0 aliphatic heterocycles. The van der Waals surface area contributed by atoms with Gasteiger partial charge < -0.3 is 0 Å². The molecule has 0 heterocycles. The second-order valence-corrected chi connectivity index (χ2v) is 7.09. The van der Waals surface area contributed by atoms with Crippen molar-refractivity contribution in [3.05, 3.63) is 35.9 Å². The zero-order valence-corrected chi connectivity index (χ0v) is 11.4. The first-order chi connectivity index (χ1) is 8.04. The van der Waals surface area contributed by atoms with Gasteiger partial charge in [0.05, 0.1) is 0 Å². The molecule has 0 heteroatoms. The van der Waals surface area contributed by atoms with Gasteiger partial charge in [-0.05, 0) is 53.9 Å². The van der Waals surface area contributed by atoms with Crippen LogP contribution in [0.2, 0.25) is 0 Å². The van der Waals surface area contributed by atoms with Gasteiger partial charge in [-0.15, -0.1) is 0 Å². The summed E-state index contributed by atoms with van der Waals surface area (Å²) in [5.74, 6) is 1.70. The second-order valence-electron chi connectivity index (χ2n) is 7.09. The van der Waals surface area contributed by atoms with Crippen LogP contribution in [0.15, 0.2) is 30.3 Å². The maximum absolute atomic E-state index is 2.50. The number of benzene rings is 1. The fourth-order valence-corrected chi connectivity index (χ4v) is 3.41. The van der Waals surface area contributed by atoms with Crippen molar-refractivity contribution in [1.82, 2.24) is 0 Å². The van der Waals surface area contributed by atoms with E-state index in [0.717, 1.165) is 11.8 Å². The lowest BCUT2D eigenvalue weighted by Gasteiger charge is -2.28. The standard InChI is InChI=1S/C17H24/c1-13-11-17(13,3)15(12-16(2)9-10-16)14-7-5-4-6-8-14/h4-8,13,15H,9-12H2,1-3H3. The minimum Gasteiger partial charge on any atom is -0.0622 e. The smallest absolute Gasteiger partial charge is 0.0100 e. The predicted molar refractivity (Wildman–Crippen MR) is 73.0 cm³/mol. The molecule has 3 rings (SSSR count). The summed E-state index contributed by atoms with van der Waals surface area (Å²) >= 11 is 0. The van der Waals surface area contributed by atoms with Crippen molar-refractivity contribution in [2.45, 2.75) is 52.4 Å². The van der Waals surface area contributed by atoms with E-state index in [1.165, 1.54) is 25.7 Å². The average Bonchev–Trinajstić information content (AvgIpc) is 3.19. The maximum atomic E-state index is 2.50. The lowest BCUT2D eigenvalue weighted by Crippen LogP contribution is -2.16. The Hall–Kier alpha value is -0.780. The molecule has 2 aliphatic rings. The minimum absolute atomic E-state index is 0.576. The van der Waals surface area contributed by atoms with E-state index in [1.807, 2.05) is 0 Å². The third kappa shape index (κ3) is 2.03. The Morgan fingerprint density at radius 1 is 1.18 bits per heavy atom. The van der Waals surface area contributed by atoms with Gasteiger partial charge in [-0.1, -0.05) is 51.1 Å². The Labute approximate surface area is 105 Å². The number of hydrogen-bond acceptors (Lipinski definition) is 0. The minimum atomic E-state index is 0.576. The summed E-state index contributed by atoms with van der Waals surface area (Å²) in [6.45, 7) is 7.39. The Kier molecular flexibility index (Phi) is 2.40. The molecule has 2 aliphatic carbocycles. The first-order valence-electron chi connectivity index (χ1n) is 7.08. The van der Waals surface area contributed by atoms with Crippen LogP contribution >= 0.6 is 0 Å². The van der Waals surface area contributed by atoms with Gasteiger partial charge in [0.2, 0.25) is 0 Å². The SMILES string of the molecule is CC1CC1(C)C(CC1(C)CC1)c1ccccc1. The topological polar surface area (TPSA) is 0 Å². The first-order valence-corrected chi connectivity index (χ1v) is 7.08. The molecule has 3 unspecified atom stereocenters. The molecule has 2 saturated carbocycles. The van der Waals surface area contributed by atoms with Gasteiger partial charge in [-0.3, -0.25) is 0 Å². The Morgan fingerprint density at radius 2 is 1.76 bits per heavy atom. The molecule has 1 aromatic rings. The summed E-state index contributed by atoms with van der Waals surface area (Å²) < 4.78 is 0. The van der Waals surface area contributed by atoms with E-state index < -0.39 is 0 Å². The van der Waals surface area contributed by atoms with Crippen LogP contribution in [0, 0.1) is 16.7 Å². The van der Waals surface area contributed by atoms with Gasteiger partial charge in [-0.2, -0.15) is 0 Å². The lowest BCUT2D eigenvalue weighted by atomic mass is 9.76. The van der Waals surface area contributed by atoms with E-state index in [0.29, 0.717) is 10.8 Å². The maximum Gasteiger partial charge on any atom is -0.0100 e. The van der Waals surface area contributed by atoms with E-state index in [4.69, 9.17) is 0 Å². The van der Waals surface area contributed by atoms with Gasteiger partial charge in [0.25, 0.3) is 0 Å². The molecule has 92 valence electrons. The van der Waals surface area contributed by atoms with Crippen LogP contribution in [0.25, 0.3) is 0 Å². The van der Waals surface area contributed by atoms with Crippen LogP contribution in [-0.4, -0.2) is 0 Å².